The highest BCUT2D eigenvalue weighted by Crippen LogP contribution is 2.23. The lowest BCUT2D eigenvalue weighted by Crippen LogP contribution is -2.37. The number of hydrogen-bond acceptors (Lipinski definition) is 2. The zero-order valence-electron chi connectivity index (χ0n) is 8.41. The summed E-state index contributed by atoms with van der Waals surface area (Å²) in [6.07, 6.45) is 5.60. The molecule has 2 rings (SSSR count). The Balaban J connectivity index is 2.16. The Morgan fingerprint density at radius 1 is 1.43 bits per heavy atom. The summed E-state index contributed by atoms with van der Waals surface area (Å²) in [4.78, 5) is 6.71. The maximum atomic E-state index is 5.81. The number of anilines is 1. The molecular weight excluding hydrogens is 196 g/mol. The fourth-order valence-electron chi connectivity index (χ4n) is 1.98. The molecule has 1 aliphatic heterocycles. The molecule has 0 spiro atoms. The van der Waals surface area contributed by atoms with E-state index < -0.39 is 0 Å². The summed E-state index contributed by atoms with van der Waals surface area (Å²) in [5.41, 5.74) is 0. The SMILES string of the molecule is CC1CCCCN1c1ccc(Cl)cn1. The van der Waals surface area contributed by atoms with Crippen LogP contribution in [-0.2, 0) is 0 Å². The van der Waals surface area contributed by atoms with Gasteiger partial charge in [0, 0.05) is 18.8 Å². The molecule has 0 aliphatic carbocycles. The lowest BCUT2D eigenvalue weighted by molar-refractivity contribution is 0.481. The smallest absolute Gasteiger partial charge is 0.128 e. The van der Waals surface area contributed by atoms with Crippen LogP contribution in [0.3, 0.4) is 0 Å². The van der Waals surface area contributed by atoms with Crippen molar-refractivity contribution in [3.8, 4) is 0 Å². The van der Waals surface area contributed by atoms with Crippen molar-refractivity contribution in [2.24, 2.45) is 0 Å². The molecule has 14 heavy (non-hydrogen) atoms. The molecule has 0 bridgehead atoms. The summed E-state index contributed by atoms with van der Waals surface area (Å²) >= 11 is 5.81. The third-order valence-corrected chi connectivity index (χ3v) is 3.03. The van der Waals surface area contributed by atoms with Gasteiger partial charge in [0.15, 0.2) is 0 Å². The predicted molar refractivity (Wildman–Crippen MR) is 59.9 cm³/mol. The van der Waals surface area contributed by atoms with Crippen molar-refractivity contribution in [3.05, 3.63) is 23.4 Å². The summed E-state index contributed by atoms with van der Waals surface area (Å²) in [5.74, 6) is 1.06. The Morgan fingerprint density at radius 3 is 2.93 bits per heavy atom. The van der Waals surface area contributed by atoms with Gasteiger partial charge >= 0.3 is 0 Å². The monoisotopic (exact) mass is 210 g/mol. The quantitative estimate of drug-likeness (QED) is 0.708. The van der Waals surface area contributed by atoms with Gasteiger partial charge in [-0.25, -0.2) is 4.98 Å². The number of rotatable bonds is 1. The highest BCUT2D eigenvalue weighted by atomic mass is 35.5. The lowest BCUT2D eigenvalue weighted by atomic mass is 10.0. The zero-order chi connectivity index (χ0) is 9.97. The van der Waals surface area contributed by atoms with Crippen LogP contribution in [-0.4, -0.2) is 17.6 Å². The molecule has 1 aromatic heterocycles. The largest absolute Gasteiger partial charge is 0.354 e. The van der Waals surface area contributed by atoms with E-state index in [2.05, 4.69) is 16.8 Å². The molecule has 0 radical (unpaired) electrons. The van der Waals surface area contributed by atoms with E-state index in [0.29, 0.717) is 11.1 Å². The molecule has 1 aliphatic rings. The van der Waals surface area contributed by atoms with Crippen LogP contribution in [0, 0.1) is 0 Å². The molecule has 2 heterocycles. The molecule has 0 amide bonds. The molecule has 1 aromatic rings. The Hall–Kier alpha value is -0.760. The van der Waals surface area contributed by atoms with Gasteiger partial charge in [-0.1, -0.05) is 11.6 Å². The number of piperidine rings is 1. The van der Waals surface area contributed by atoms with Crippen LogP contribution in [0.15, 0.2) is 18.3 Å². The molecule has 0 N–H and O–H groups in total. The maximum absolute atomic E-state index is 5.81. The second-order valence-electron chi connectivity index (χ2n) is 3.87. The average molecular weight is 211 g/mol. The summed E-state index contributed by atoms with van der Waals surface area (Å²) in [5, 5.41) is 0.707. The van der Waals surface area contributed by atoms with Crippen LogP contribution in [0.1, 0.15) is 26.2 Å². The van der Waals surface area contributed by atoms with Crippen molar-refractivity contribution >= 4 is 17.4 Å². The van der Waals surface area contributed by atoms with Crippen LogP contribution < -0.4 is 4.90 Å². The van der Waals surface area contributed by atoms with E-state index in [1.54, 1.807) is 6.20 Å². The average Bonchev–Trinajstić information content (AvgIpc) is 2.20. The summed E-state index contributed by atoms with van der Waals surface area (Å²) in [7, 11) is 0. The van der Waals surface area contributed by atoms with Gasteiger partial charge in [0.05, 0.1) is 5.02 Å². The van der Waals surface area contributed by atoms with E-state index in [0.717, 1.165) is 12.4 Å². The standard InChI is InChI=1S/C11H15ClN2/c1-9-4-2-3-7-14(9)11-6-5-10(12)8-13-11/h5-6,8-9H,2-4,7H2,1H3. The van der Waals surface area contributed by atoms with Gasteiger partial charge < -0.3 is 4.90 Å². The fourth-order valence-corrected chi connectivity index (χ4v) is 2.09. The van der Waals surface area contributed by atoms with Crippen LogP contribution in [0.25, 0.3) is 0 Å². The van der Waals surface area contributed by atoms with E-state index in [4.69, 9.17) is 11.6 Å². The number of hydrogen-bond donors (Lipinski definition) is 0. The molecule has 76 valence electrons. The van der Waals surface area contributed by atoms with E-state index >= 15 is 0 Å². The Bertz CT molecular complexity index is 297. The number of aromatic nitrogens is 1. The highest BCUT2D eigenvalue weighted by Gasteiger charge is 2.18. The summed E-state index contributed by atoms with van der Waals surface area (Å²) in [6, 6.07) is 4.52. The molecule has 1 saturated heterocycles. The van der Waals surface area contributed by atoms with Crippen molar-refractivity contribution in [2.75, 3.05) is 11.4 Å². The Kier molecular flexibility index (Phi) is 2.92. The molecule has 1 unspecified atom stereocenters. The van der Waals surface area contributed by atoms with Crippen LogP contribution >= 0.6 is 11.6 Å². The van der Waals surface area contributed by atoms with Gasteiger partial charge in [0.2, 0.25) is 0 Å². The van der Waals surface area contributed by atoms with E-state index in [1.165, 1.54) is 19.3 Å². The number of nitrogens with zero attached hydrogens (tertiary/aromatic N) is 2. The lowest BCUT2D eigenvalue weighted by Gasteiger charge is -2.34. The van der Waals surface area contributed by atoms with Gasteiger partial charge in [0.25, 0.3) is 0 Å². The first-order chi connectivity index (χ1) is 6.77. The first-order valence-electron chi connectivity index (χ1n) is 5.15. The molecule has 3 heteroatoms. The third kappa shape index (κ3) is 2.01. The Morgan fingerprint density at radius 2 is 2.29 bits per heavy atom. The topological polar surface area (TPSA) is 16.1 Å². The molecular formula is C11H15ClN2. The van der Waals surface area contributed by atoms with E-state index in [-0.39, 0.29) is 0 Å². The van der Waals surface area contributed by atoms with Crippen LogP contribution in [0.4, 0.5) is 5.82 Å². The second kappa shape index (κ2) is 4.18. The van der Waals surface area contributed by atoms with Crippen molar-refractivity contribution < 1.29 is 0 Å². The minimum atomic E-state index is 0.609. The third-order valence-electron chi connectivity index (χ3n) is 2.81. The molecule has 2 nitrogen and oxygen atoms in total. The first-order valence-corrected chi connectivity index (χ1v) is 5.53. The second-order valence-corrected chi connectivity index (χ2v) is 4.31. The molecule has 1 fully saturated rings. The van der Waals surface area contributed by atoms with Crippen molar-refractivity contribution in [1.82, 2.24) is 4.98 Å². The van der Waals surface area contributed by atoms with Crippen molar-refractivity contribution in [2.45, 2.75) is 32.2 Å². The molecule has 0 saturated carbocycles. The molecule has 1 atom stereocenters. The summed E-state index contributed by atoms with van der Waals surface area (Å²) in [6.45, 7) is 3.38. The highest BCUT2D eigenvalue weighted by molar-refractivity contribution is 6.30. The van der Waals surface area contributed by atoms with Gasteiger partial charge in [-0.3, -0.25) is 0 Å². The minimum Gasteiger partial charge on any atom is -0.354 e. The Labute approximate surface area is 89.9 Å². The van der Waals surface area contributed by atoms with Crippen molar-refractivity contribution in [3.63, 3.8) is 0 Å². The van der Waals surface area contributed by atoms with E-state index in [9.17, 15) is 0 Å². The number of halogens is 1. The van der Waals surface area contributed by atoms with E-state index in [1.807, 2.05) is 12.1 Å². The van der Waals surface area contributed by atoms with Gasteiger partial charge in [-0.05, 0) is 38.3 Å². The van der Waals surface area contributed by atoms with Crippen LogP contribution in [0.2, 0.25) is 5.02 Å². The fraction of sp³-hybridized carbons (Fsp3) is 0.545. The summed E-state index contributed by atoms with van der Waals surface area (Å²) < 4.78 is 0. The van der Waals surface area contributed by atoms with Crippen LogP contribution in [0.5, 0.6) is 0 Å². The van der Waals surface area contributed by atoms with Crippen molar-refractivity contribution in [1.29, 1.82) is 0 Å². The minimum absolute atomic E-state index is 0.609. The van der Waals surface area contributed by atoms with Gasteiger partial charge in [-0.2, -0.15) is 0 Å². The maximum Gasteiger partial charge on any atom is 0.128 e. The number of pyridine rings is 1. The van der Waals surface area contributed by atoms with Gasteiger partial charge in [-0.15, -0.1) is 0 Å². The molecule has 0 aromatic carbocycles. The van der Waals surface area contributed by atoms with Gasteiger partial charge in [0.1, 0.15) is 5.82 Å². The zero-order valence-corrected chi connectivity index (χ0v) is 9.17. The normalized spacial score (nSPS) is 22.4. The first kappa shape index (κ1) is 9.78. The predicted octanol–water partition coefficient (Wildman–Crippen LogP) is 3.11.